The maximum atomic E-state index is 12.3. The third kappa shape index (κ3) is 7.07. The molecule has 0 aromatic heterocycles. The van der Waals surface area contributed by atoms with Crippen LogP contribution in [0.5, 0.6) is 5.75 Å². The second kappa shape index (κ2) is 9.14. The van der Waals surface area contributed by atoms with Crippen LogP contribution in [0.15, 0.2) is 54.6 Å². The van der Waals surface area contributed by atoms with Crippen molar-refractivity contribution < 1.29 is 14.3 Å². The van der Waals surface area contributed by atoms with Crippen LogP contribution in [0.4, 0.5) is 0 Å². The summed E-state index contributed by atoms with van der Waals surface area (Å²) in [6.45, 7) is 5.69. The lowest BCUT2D eigenvalue weighted by Gasteiger charge is -2.23. The highest BCUT2D eigenvalue weighted by atomic mass is 32.1. The van der Waals surface area contributed by atoms with Crippen molar-refractivity contribution in [3.8, 4) is 5.75 Å². The van der Waals surface area contributed by atoms with Crippen molar-refractivity contribution >= 4 is 29.0 Å². The van der Waals surface area contributed by atoms with Crippen LogP contribution in [0, 0.1) is 0 Å². The monoisotopic (exact) mass is 385 g/mol. The maximum absolute atomic E-state index is 12.3. The van der Waals surface area contributed by atoms with Crippen LogP contribution in [0.1, 0.15) is 36.7 Å². The first-order valence-electron chi connectivity index (χ1n) is 8.44. The molecule has 27 heavy (non-hydrogen) atoms. The third-order valence-corrected chi connectivity index (χ3v) is 3.53. The number of rotatable bonds is 5. The molecule has 3 N–H and O–H groups in total. The second-order valence-electron chi connectivity index (χ2n) is 6.89. The van der Waals surface area contributed by atoms with Crippen LogP contribution >= 0.6 is 12.2 Å². The number of carbonyl (C=O) groups excluding carboxylic acids is 2. The Bertz CT molecular complexity index is 799. The number of carbonyl (C=O) groups is 2. The van der Waals surface area contributed by atoms with Crippen LogP contribution in [0.2, 0.25) is 0 Å². The van der Waals surface area contributed by atoms with E-state index in [-0.39, 0.29) is 23.8 Å². The SMILES string of the molecule is CC(C)(C)NC(=S)NNC(=O)COc1ccc(C(=O)c2ccccc2)cc1. The number of hydrogen-bond donors (Lipinski definition) is 3. The molecular weight excluding hydrogens is 362 g/mol. The highest BCUT2D eigenvalue weighted by Gasteiger charge is 2.12. The fraction of sp³-hybridized carbons (Fsp3) is 0.250. The maximum Gasteiger partial charge on any atom is 0.276 e. The largest absolute Gasteiger partial charge is 0.484 e. The molecular formula is C20H23N3O3S. The van der Waals surface area contributed by atoms with E-state index in [1.54, 1.807) is 36.4 Å². The van der Waals surface area contributed by atoms with Crippen molar-refractivity contribution in [2.75, 3.05) is 6.61 Å². The first-order chi connectivity index (χ1) is 12.7. The van der Waals surface area contributed by atoms with E-state index in [1.807, 2.05) is 39.0 Å². The first kappa shape index (κ1) is 20.4. The molecule has 6 nitrogen and oxygen atoms in total. The molecule has 142 valence electrons. The van der Waals surface area contributed by atoms with Gasteiger partial charge in [-0.15, -0.1) is 0 Å². The number of thiocarbonyl (C=S) groups is 1. The molecule has 0 atom stereocenters. The summed E-state index contributed by atoms with van der Waals surface area (Å²) in [4.78, 5) is 24.1. The molecule has 0 bridgehead atoms. The summed E-state index contributed by atoms with van der Waals surface area (Å²) >= 11 is 5.07. The minimum Gasteiger partial charge on any atom is -0.484 e. The zero-order valence-corrected chi connectivity index (χ0v) is 16.4. The molecule has 0 radical (unpaired) electrons. The van der Waals surface area contributed by atoms with Gasteiger partial charge in [-0.05, 0) is 57.3 Å². The number of benzene rings is 2. The number of amides is 1. The molecule has 2 aromatic rings. The molecule has 0 aliphatic carbocycles. The standard InChI is InChI=1S/C20H23N3O3S/c1-20(2,3)21-19(27)23-22-17(24)13-26-16-11-9-15(10-12-16)18(25)14-7-5-4-6-8-14/h4-12H,13H2,1-3H3,(H,22,24)(H2,21,23,27). The number of hydrogen-bond acceptors (Lipinski definition) is 4. The summed E-state index contributed by atoms with van der Waals surface area (Å²) in [5.74, 6) is 0.0478. The Labute approximate surface area is 164 Å². The molecule has 0 aliphatic rings. The molecule has 0 unspecified atom stereocenters. The highest BCUT2D eigenvalue weighted by molar-refractivity contribution is 7.80. The van der Waals surface area contributed by atoms with Crippen LogP contribution in [-0.4, -0.2) is 28.9 Å². The van der Waals surface area contributed by atoms with E-state index in [9.17, 15) is 9.59 Å². The van der Waals surface area contributed by atoms with Crippen molar-refractivity contribution in [2.24, 2.45) is 0 Å². The smallest absolute Gasteiger partial charge is 0.276 e. The minimum absolute atomic E-state index is 0.0658. The van der Waals surface area contributed by atoms with Gasteiger partial charge in [0.25, 0.3) is 5.91 Å². The molecule has 7 heteroatoms. The summed E-state index contributed by atoms with van der Waals surface area (Å²) < 4.78 is 5.41. The van der Waals surface area contributed by atoms with Crippen molar-refractivity contribution in [1.29, 1.82) is 0 Å². The van der Waals surface area contributed by atoms with Gasteiger partial charge in [0.2, 0.25) is 0 Å². The molecule has 0 saturated heterocycles. The Kier molecular flexibility index (Phi) is 6.90. The third-order valence-electron chi connectivity index (χ3n) is 3.33. The van der Waals surface area contributed by atoms with Gasteiger partial charge in [0.15, 0.2) is 17.5 Å². The highest BCUT2D eigenvalue weighted by Crippen LogP contribution is 2.15. The summed E-state index contributed by atoms with van der Waals surface area (Å²) in [5.41, 5.74) is 6.04. The quantitative estimate of drug-likeness (QED) is 0.417. The van der Waals surface area contributed by atoms with Gasteiger partial charge in [0, 0.05) is 16.7 Å². The molecule has 0 heterocycles. The zero-order valence-electron chi connectivity index (χ0n) is 15.5. The average Bonchev–Trinajstić information content (AvgIpc) is 2.64. The van der Waals surface area contributed by atoms with Crippen molar-refractivity contribution in [3.63, 3.8) is 0 Å². The van der Waals surface area contributed by atoms with Gasteiger partial charge in [-0.3, -0.25) is 20.4 Å². The predicted molar refractivity (Wildman–Crippen MR) is 109 cm³/mol. The summed E-state index contributed by atoms with van der Waals surface area (Å²) in [6, 6.07) is 15.7. The van der Waals surface area contributed by atoms with Gasteiger partial charge in [0.05, 0.1) is 0 Å². The second-order valence-corrected chi connectivity index (χ2v) is 7.29. The lowest BCUT2D eigenvalue weighted by Crippen LogP contribution is -2.52. The van der Waals surface area contributed by atoms with E-state index in [4.69, 9.17) is 17.0 Å². The van der Waals surface area contributed by atoms with Crippen LogP contribution < -0.4 is 20.9 Å². The molecule has 0 aliphatic heterocycles. The zero-order chi connectivity index (χ0) is 19.9. The van der Waals surface area contributed by atoms with Gasteiger partial charge in [-0.2, -0.15) is 0 Å². The molecule has 0 fully saturated rings. The number of nitrogens with one attached hydrogen (secondary N) is 3. The molecule has 2 aromatic carbocycles. The first-order valence-corrected chi connectivity index (χ1v) is 8.85. The number of ketones is 1. The van der Waals surface area contributed by atoms with E-state index in [0.29, 0.717) is 22.0 Å². The van der Waals surface area contributed by atoms with E-state index in [0.717, 1.165) is 0 Å². The van der Waals surface area contributed by atoms with Crippen molar-refractivity contribution in [1.82, 2.24) is 16.2 Å². The molecule has 0 saturated carbocycles. The Morgan fingerprint density at radius 1 is 0.926 bits per heavy atom. The van der Waals surface area contributed by atoms with E-state index >= 15 is 0 Å². The minimum atomic E-state index is -0.377. The molecule has 2 rings (SSSR count). The Morgan fingerprint density at radius 3 is 2.11 bits per heavy atom. The van der Waals surface area contributed by atoms with Crippen LogP contribution in [0.3, 0.4) is 0 Å². The summed E-state index contributed by atoms with van der Waals surface area (Å²) in [5, 5.41) is 3.33. The van der Waals surface area contributed by atoms with Crippen molar-refractivity contribution in [3.05, 3.63) is 65.7 Å². The topological polar surface area (TPSA) is 79.5 Å². The van der Waals surface area contributed by atoms with Crippen LogP contribution in [0.25, 0.3) is 0 Å². The van der Waals surface area contributed by atoms with Crippen molar-refractivity contribution in [2.45, 2.75) is 26.3 Å². The average molecular weight is 385 g/mol. The molecule has 0 spiro atoms. The van der Waals surface area contributed by atoms with Gasteiger partial charge < -0.3 is 10.1 Å². The van der Waals surface area contributed by atoms with E-state index in [2.05, 4.69) is 16.2 Å². The van der Waals surface area contributed by atoms with Gasteiger partial charge in [-0.1, -0.05) is 30.3 Å². The van der Waals surface area contributed by atoms with E-state index < -0.39 is 0 Å². The van der Waals surface area contributed by atoms with E-state index in [1.165, 1.54) is 0 Å². The summed E-state index contributed by atoms with van der Waals surface area (Å²) in [7, 11) is 0. The predicted octanol–water partition coefficient (Wildman–Crippen LogP) is 2.59. The Hall–Kier alpha value is -2.93. The lowest BCUT2D eigenvalue weighted by molar-refractivity contribution is -0.123. The summed E-state index contributed by atoms with van der Waals surface area (Å²) in [6.07, 6.45) is 0. The Morgan fingerprint density at radius 2 is 1.52 bits per heavy atom. The van der Waals surface area contributed by atoms with Gasteiger partial charge >= 0.3 is 0 Å². The van der Waals surface area contributed by atoms with Gasteiger partial charge in [0.1, 0.15) is 5.75 Å². The fourth-order valence-electron chi connectivity index (χ4n) is 2.14. The fourth-order valence-corrected chi connectivity index (χ4v) is 2.50. The van der Waals surface area contributed by atoms with Crippen LogP contribution in [-0.2, 0) is 4.79 Å². The number of hydrazine groups is 1. The molecule has 1 amide bonds. The lowest BCUT2D eigenvalue weighted by atomic mass is 10.0. The van der Waals surface area contributed by atoms with Gasteiger partial charge in [-0.25, -0.2) is 0 Å². The Balaban J connectivity index is 1.80. The normalized spacial score (nSPS) is 10.6. The number of ether oxygens (including phenoxy) is 1.